The summed E-state index contributed by atoms with van der Waals surface area (Å²) in [6, 6.07) is 7.90. The molecule has 4 heteroatoms. The molecule has 1 aromatic heterocycles. The molecule has 1 unspecified atom stereocenters. The third kappa shape index (κ3) is 2.81. The highest BCUT2D eigenvalue weighted by atomic mass is 16.4. The van der Waals surface area contributed by atoms with Gasteiger partial charge in [0.2, 0.25) is 5.76 Å². The second-order valence-corrected chi connectivity index (χ2v) is 5.93. The lowest BCUT2D eigenvalue weighted by Gasteiger charge is -2.20. The molecule has 1 saturated carbocycles. The van der Waals surface area contributed by atoms with Gasteiger partial charge in [-0.05, 0) is 31.7 Å². The number of fused-ring (bicyclic) bond motifs is 1. The van der Waals surface area contributed by atoms with E-state index in [2.05, 4.69) is 12.2 Å². The van der Waals surface area contributed by atoms with E-state index in [-0.39, 0.29) is 5.76 Å². The average molecular weight is 287 g/mol. The molecule has 0 amide bonds. The summed E-state index contributed by atoms with van der Waals surface area (Å²) in [7, 11) is 0. The number of carboxylic acids is 1. The SMILES string of the molecule is CC(NCc1c(C(=O)O)oc2ccccc12)C1CCCC1. The van der Waals surface area contributed by atoms with Crippen molar-refractivity contribution in [1.82, 2.24) is 5.32 Å². The first-order valence-corrected chi connectivity index (χ1v) is 7.64. The van der Waals surface area contributed by atoms with E-state index in [0.29, 0.717) is 24.1 Å². The molecule has 3 rings (SSSR count). The lowest BCUT2D eigenvalue weighted by Crippen LogP contribution is -2.32. The monoisotopic (exact) mass is 287 g/mol. The lowest BCUT2D eigenvalue weighted by molar-refractivity contribution is 0.0663. The van der Waals surface area contributed by atoms with Crippen LogP contribution in [0.3, 0.4) is 0 Å². The number of carboxylic acid groups (broad SMARTS) is 1. The molecule has 1 aromatic carbocycles. The summed E-state index contributed by atoms with van der Waals surface area (Å²) in [5, 5.41) is 13.7. The van der Waals surface area contributed by atoms with Crippen LogP contribution in [0.25, 0.3) is 11.0 Å². The zero-order chi connectivity index (χ0) is 14.8. The Morgan fingerprint density at radius 1 is 1.38 bits per heavy atom. The smallest absolute Gasteiger partial charge is 0.372 e. The highest BCUT2D eigenvalue weighted by Gasteiger charge is 2.23. The summed E-state index contributed by atoms with van der Waals surface area (Å²) >= 11 is 0. The molecule has 0 aliphatic heterocycles. The molecule has 1 fully saturated rings. The van der Waals surface area contributed by atoms with E-state index in [9.17, 15) is 9.90 Å². The van der Waals surface area contributed by atoms with Crippen LogP contribution in [0, 0.1) is 5.92 Å². The quantitative estimate of drug-likeness (QED) is 0.878. The number of hydrogen-bond donors (Lipinski definition) is 2. The molecule has 2 aromatic rings. The standard InChI is InChI=1S/C17H21NO3/c1-11(12-6-2-3-7-12)18-10-14-13-8-4-5-9-15(13)21-16(14)17(19)20/h4-5,8-9,11-12,18H,2-3,6-7,10H2,1H3,(H,19,20). The minimum atomic E-state index is -1.00. The molecular weight excluding hydrogens is 266 g/mol. The predicted octanol–water partition coefficient (Wildman–Crippen LogP) is 3.80. The van der Waals surface area contributed by atoms with Gasteiger partial charge in [-0.1, -0.05) is 31.0 Å². The van der Waals surface area contributed by atoms with Gasteiger partial charge >= 0.3 is 5.97 Å². The fourth-order valence-corrected chi connectivity index (χ4v) is 3.33. The van der Waals surface area contributed by atoms with Crippen molar-refractivity contribution in [3.05, 3.63) is 35.6 Å². The first kappa shape index (κ1) is 14.1. The Bertz CT molecular complexity index is 641. The number of para-hydroxylation sites is 1. The number of benzene rings is 1. The average Bonchev–Trinajstić information content (AvgIpc) is 3.12. The van der Waals surface area contributed by atoms with Crippen LogP contribution in [0.15, 0.2) is 28.7 Å². The van der Waals surface area contributed by atoms with Gasteiger partial charge in [-0.3, -0.25) is 0 Å². The number of nitrogens with one attached hydrogen (secondary N) is 1. The summed E-state index contributed by atoms with van der Waals surface area (Å²) < 4.78 is 5.48. The third-order valence-corrected chi connectivity index (χ3v) is 4.60. The zero-order valence-electron chi connectivity index (χ0n) is 12.3. The molecule has 1 heterocycles. The molecule has 0 bridgehead atoms. The van der Waals surface area contributed by atoms with Crippen LogP contribution in [0.4, 0.5) is 0 Å². The van der Waals surface area contributed by atoms with Crippen LogP contribution in [0.2, 0.25) is 0 Å². The Kier molecular flexibility index (Phi) is 3.97. The van der Waals surface area contributed by atoms with Gasteiger partial charge in [0, 0.05) is 23.5 Å². The molecule has 0 spiro atoms. The predicted molar refractivity (Wildman–Crippen MR) is 81.4 cm³/mol. The van der Waals surface area contributed by atoms with E-state index in [1.165, 1.54) is 25.7 Å². The van der Waals surface area contributed by atoms with Crippen LogP contribution in [-0.2, 0) is 6.54 Å². The second kappa shape index (κ2) is 5.90. The number of carbonyl (C=O) groups is 1. The Labute approximate surface area is 124 Å². The van der Waals surface area contributed by atoms with E-state index in [0.717, 1.165) is 10.9 Å². The van der Waals surface area contributed by atoms with E-state index in [1.54, 1.807) is 0 Å². The van der Waals surface area contributed by atoms with Crippen molar-refractivity contribution in [3.8, 4) is 0 Å². The van der Waals surface area contributed by atoms with Crippen LogP contribution in [0.1, 0.15) is 48.7 Å². The zero-order valence-corrected chi connectivity index (χ0v) is 12.3. The Morgan fingerprint density at radius 2 is 2.10 bits per heavy atom. The molecule has 1 aliphatic rings. The lowest BCUT2D eigenvalue weighted by atomic mass is 9.99. The van der Waals surface area contributed by atoms with Crippen LogP contribution in [0.5, 0.6) is 0 Å². The summed E-state index contributed by atoms with van der Waals surface area (Å²) in [4.78, 5) is 11.4. The van der Waals surface area contributed by atoms with Gasteiger partial charge in [0.15, 0.2) is 0 Å². The summed E-state index contributed by atoms with van der Waals surface area (Å²) in [5.41, 5.74) is 1.39. The Morgan fingerprint density at radius 3 is 2.81 bits per heavy atom. The molecule has 2 N–H and O–H groups in total. The Hall–Kier alpha value is -1.81. The number of furan rings is 1. The maximum Gasteiger partial charge on any atom is 0.372 e. The van der Waals surface area contributed by atoms with Crippen molar-refractivity contribution in [2.75, 3.05) is 0 Å². The van der Waals surface area contributed by atoms with Crippen molar-refractivity contribution in [3.63, 3.8) is 0 Å². The van der Waals surface area contributed by atoms with E-state index < -0.39 is 5.97 Å². The molecular formula is C17H21NO3. The van der Waals surface area contributed by atoms with Crippen LogP contribution >= 0.6 is 0 Å². The maximum atomic E-state index is 11.4. The fraction of sp³-hybridized carbons (Fsp3) is 0.471. The van der Waals surface area contributed by atoms with Gasteiger partial charge < -0.3 is 14.8 Å². The van der Waals surface area contributed by atoms with E-state index in [1.807, 2.05) is 24.3 Å². The van der Waals surface area contributed by atoms with Gasteiger partial charge in [-0.15, -0.1) is 0 Å². The van der Waals surface area contributed by atoms with E-state index >= 15 is 0 Å². The van der Waals surface area contributed by atoms with Gasteiger partial charge in [-0.2, -0.15) is 0 Å². The molecule has 0 saturated heterocycles. The van der Waals surface area contributed by atoms with E-state index in [4.69, 9.17) is 4.42 Å². The minimum absolute atomic E-state index is 0.0577. The third-order valence-electron chi connectivity index (χ3n) is 4.60. The van der Waals surface area contributed by atoms with Crippen molar-refractivity contribution in [2.24, 2.45) is 5.92 Å². The van der Waals surface area contributed by atoms with Gasteiger partial charge in [-0.25, -0.2) is 4.79 Å². The molecule has 21 heavy (non-hydrogen) atoms. The molecule has 112 valence electrons. The summed E-state index contributed by atoms with van der Waals surface area (Å²) in [6.45, 7) is 2.73. The van der Waals surface area contributed by atoms with Crippen molar-refractivity contribution >= 4 is 16.9 Å². The van der Waals surface area contributed by atoms with Gasteiger partial charge in [0.05, 0.1) is 0 Å². The first-order valence-electron chi connectivity index (χ1n) is 7.64. The number of rotatable bonds is 5. The van der Waals surface area contributed by atoms with Crippen LogP contribution in [-0.4, -0.2) is 17.1 Å². The minimum Gasteiger partial charge on any atom is -0.475 e. The first-order chi connectivity index (χ1) is 10.2. The molecule has 1 aliphatic carbocycles. The van der Waals surface area contributed by atoms with Gasteiger partial charge in [0.25, 0.3) is 0 Å². The van der Waals surface area contributed by atoms with Crippen molar-refractivity contribution in [1.29, 1.82) is 0 Å². The second-order valence-electron chi connectivity index (χ2n) is 5.93. The fourth-order valence-electron chi connectivity index (χ4n) is 3.33. The topological polar surface area (TPSA) is 62.5 Å². The highest BCUT2D eigenvalue weighted by Crippen LogP contribution is 2.29. The highest BCUT2D eigenvalue weighted by molar-refractivity contribution is 5.95. The van der Waals surface area contributed by atoms with Crippen LogP contribution < -0.4 is 5.32 Å². The largest absolute Gasteiger partial charge is 0.475 e. The normalized spacial score (nSPS) is 17.4. The number of hydrogen-bond acceptors (Lipinski definition) is 3. The van der Waals surface area contributed by atoms with Crippen molar-refractivity contribution < 1.29 is 14.3 Å². The molecule has 1 atom stereocenters. The summed E-state index contributed by atoms with van der Waals surface area (Å²) in [6.07, 6.45) is 5.16. The molecule has 4 nitrogen and oxygen atoms in total. The van der Waals surface area contributed by atoms with Crippen molar-refractivity contribution in [2.45, 2.75) is 45.2 Å². The number of aromatic carboxylic acids is 1. The maximum absolute atomic E-state index is 11.4. The Balaban J connectivity index is 1.81. The molecule has 0 radical (unpaired) electrons. The van der Waals surface area contributed by atoms with Gasteiger partial charge in [0.1, 0.15) is 5.58 Å². The summed E-state index contributed by atoms with van der Waals surface area (Å²) in [5.74, 6) is -0.240.